The van der Waals surface area contributed by atoms with Gasteiger partial charge in [0.1, 0.15) is 5.67 Å². The minimum atomic E-state index is -0.908. The summed E-state index contributed by atoms with van der Waals surface area (Å²) in [6, 6.07) is 18.1. The van der Waals surface area contributed by atoms with Crippen LogP contribution >= 0.6 is 0 Å². The van der Waals surface area contributed by atoms with E-state index < -0.39 is 5.67 Å². The summed E-state index contributed by atoms with van der Waals surface area (Å²) in [6.07, 6.45) is 13.7. The van der Waals surface area contributed by atoms with Gasteiger partial charge in [-0.05, 0) is 99.0 Å². The normalized spacial score (nSPS) is 21.4. The van der Waals surface area contributed by atoms with Crippen LogP contribution in [0, 0.1) is 5.92 Å². The molecule has 2 heterocycles. The molecule has 1 aliphatic carbocycles. The first-order valence-electron chi connectivity index (χ1n) is 14.6. The molecule has 0 bridgehead atoms. The highest BCUT2D eigenvalue weighted by Gasteiger charge is 2.34. The Labute approximate surface area is 218 Å². The molecule has 2 saturated heterocycles. The second kappa shape index (κ2) is 11.9. The van der Waals surface area contributed by atoms with Crippen molar-refractivity contribution < 1.29 is 4.39 Å². The summed E-state index contributed by atoms with van der Waals surface area (Å²) >= 11 is 0. The van der Waals surface area contributed by atoms with Crippen LogP contribution in [0.15, 0.2) is 55.1 Å². The molecule has 3 aliphatic rings. The van der Waals surface area contributed by atoms with Gasteiger partial charge in [-0.15, -0.1) is 0 Å². The van der Waals surface area contributed by atoms with Crippen molar-refractivity contribution in [2.75, 3.05) is 32.7 Å². The van der Waals surface area contributed by atoms with Crippen LogP contribution in [-0.4, -0.2) is 48.2 Å². The Morgan fingerprint density at radius 1 is 0.778 bits per heavy atom. The number of likely N-dealkylation sites (tertiary alicyclic amines) is 2. The average molecular weight is 489 g/mol. The molecule has 194 valence electrons. The summed E-state index contributed by atoms with van der Waals surface area (Å²) in [5.41, 5.74) is 5.48. The zero-order chi connectivity index (χ0) is 24.8. The largest absolute Gasteiger partial charge is 0.372 e. The molecule has 3 heteroatoms. The summed E-state index contributed by atoms with van der Waals surface area (Å²) in [5.74, 6) is 0.781. The third kappa shape index (κ3) is 6.59. The van der Waals surface area contributed by atoms with E-state index in [-0.39, 0.29) is 0 Å². The van der Waals surface area contributed by atoms with E-state index in [0.717, 1.165) is 64.2 Å². The van der Waals surface area contributed by atoms with Gasteiger partial charge in [-0.1, -0.05) is 74.4 Å². The van der Waals surface area contributed by atoms with Gasteiger partial charge < -0.3 is 9.80 Å². The number of nitrogens with zero attached hydrogens (tertiary/aromatic N) is 2. The van der Waals surface area contributed by atoms with Gasteiger partial charge in [0.15, 0.2) is 0 Å². The number of alkyl halides is 1. The van der Waals surface area contributed by atoms with E-state index in [1.165, 1.54) is 72.9 Å². The van der Waals surface area contributed by atoms with E-state index in [0.29, 0.717) is 6.54 Å². The maximum absolute atomic E-state index is 15.1. The minimum absolute atomic E-state index is 0.675. The first kappa shape index (κ1) is 25.5. The molecule has 0 unspecified atom stereocenters. The van der Waals surface area contributed by atoms with Crippen molar-refractivity contribution in [2.24, 2.45) is 5.92 Å². The molecule has 3 fully saturated rings. The van der Waals surface area contributed by atoms with Gasteiger partial charge in [0, 0.05) is 25.3 Å². The van der Waals surface area contributed by atoms with Crippen LogP contribution in [0.3, 0.4) is 0 Å². The molecular weight excluding hydrogens is 443 g/mol. The van der Waals surface area contributed by atoms with Crippen molar-refractivity contribution in [3.05, 3.63) is 66.2 Å². The molecule has 0 spiro atoms. The Bertz CT molecular complexity index is 960. The molecule has 2 aliphatic heterocycles. The highest BCUT2D eigenvalue weighted by molar-refractivity contribution is 5.69. The summed E-state index contributed by atoms with van der Waals surface area (Å²) in [7, 11) is 0. The van der Waals surface area contributed by atoms with E-state index in [2.05, 4.69) is 64.9 Å². The predicted molar refractivity (Wildman–Crippen MR) is 151 cm³/mol. The van der Waals surface area contributed by atoms with Crippen molar-refractivity contribution in [1.82, 2.24) is 9.80 Å². The zero-order valence-electron chi connectivity index (χ0n) is 22.2. The number of hydrogen-bond donors (Lipinski definition) is 0. The fourth-order valence-electron chi connectivity index (χ4n) is 6.61. The first-order valence-corrected chi connectivity index (χ1v) is 14.6. The van der Waals surface area contributed by atoms with Crippen LogP contribution in [0.2, 0.25) is 0 Å². The monoisotopic (exact) mass is 488 g/mol. The topological polar surface area (TPSA) is 6.48 Å². The maximum atomic E-state index is 15.1. The van der Waals surface area contributed by atoms with Crippen LogP contribution in [0.4, 0.5) is 4.39 Å². The van der Waals surface area contributed by atoms with Crippen molar-refractivity contribution >= 4 is 5.70 Å². The van der Waals surface area contributed by atoms with Crippen LogP contribution in [0.1, 0.15) is 81.8 Å². The number of rotatable bonds is 8. The van der Waals surface area contributed by atoms with Crippen LogP contribution in [0.5, 0.6) is 0 Å². The molecule has 0 radical (unpaired) electrons. The Morgan fingerprint density at radius 2 is 1.36 bits per heavy atom. The highest BCUT2D eigenvalue weighted by atomic mass is 19.1. The van der Waals surface area contributed by atoms with Crippen molar-refractivity contribution in [3.8, 4) is 11.1 Å². The van der Waals surface area contributed by atoms with Crippen molar-refractivity contribution in [2.45, 2.75) is 82.7 Å². The standard InChI is InChI=1S/C33H45FN2/c1-27(36-22-6-3-7-23-36)30-14-16-32(17-15-30)31-12-10-28(11-13-31)8-9-29-18-24-35(25-19-29)26-33(34)20-4-2-5-21-33/h10-17,29H,1-9,18-26H2. The fraction of sp³-hybridized carbons (Fsp3) is 0.576. The second-order valence-corrected chi connectivity index (χ2v) is 11.7. The van der Waals surface area contributed by atoms with Crippen LogP contribution < -0.4 is 0 Å². The van der Waals surface area contributed by atoms with Crippen molar-refractivity contribution in [1.29, 1.82) is 0 Å². The lowest BCUT2D eigenvalue weighted by molar-refractivity contribution is 0.0401. The van der Waals surface area contributed by atoms with Crippen LogP contribution in [-0.2, 0) is 6.42 Å². The Hall–Kier alpha value is -2.13. The lowest BCUT2D eigenvalue weighted by Crippen LogP contribution is -2.44. The third-order valence-corrected chi connectivity index (χ3v) is 9.05. The number of benzene rings is 2. The second-order valence-electron chi connectivity index (χ2n) is 11.7. The SMILES string of the molecule is C=C(c1ccc(-c2ccc(CCC3CCN(CC4(F)CCCCC4)CC3)cc2)cc1)N1CCCCC1. The number of aryl methyl sites for hydroxylation is 1. The van der Waals surface area contributed by atoms with Gasteiger partial charge in [-0.25, -0.2) is 4.39 Å². The van der Waals surface area contributed by atoms with Gasteiger partial charge >= 0.3 is 0 Å². The Morgan fingerprint density at radius 3 is 2.00 bits per heavy atom. The molecule has 5 rings (SSSR count). The molecule has 2 nitrogen and oxygen atoms in total. The molecule has 1 saturated carbocycles. The molecule has 0 amide bonds. The summed E-state index contributed by atoms with van der Waals surface area (Å²) in [4.78, 5) is 4.84. The quantitative estimate of drug-likeness (QED) is 0.370. The number of piperidine rings is 2. The number of hydrogen-bond acceptors (Lipinski definition) is 2. The summed E-state index contributed by atoms with van der Waals surface area (Å²) in [6.45, 7) is 9.47. The lowest BCUT2D eigenvalue weighted by Gasteiger charge is -2.38. The molecular formula is C33H45FN2. The zero-order valence-corrected chi connectivity index (χ0v) is 22.2. The Kier molecular flexibility index (Phi) is 8.47. The molecule has 36 heavy (non-hydrogen) atoms. The van der Waals surface area contributed by atoms with E-state index in [1.807, 2.05) is 0 Å². The fourth-order valence-corrected chi connectivity index (χ4v) is 6.61. The first-order chi connectivity index (χ1) is 17.6. The van der Waals surface area contributed by atoms with E-state index in [1.54, 1.807) is 0 Å². The molecule has 2 aromatic carbocycles. The van der Waals surface area contributed by atoms with Gasteiger partial charge in [-0.3, -0.25) is 0 Å². The molecule has 0 aromatic heterocycles. The van der Waals surface area contributed by atoms with Gasteiger partial charge in [0.2, 0.25) is 0 Å². The Balaban J connectivity index is 1.07. The van der Waals surface area contributed by atoms with Gasteiger partial charge in [0.25, 0.3) is 0 Å². The summed E-state index contributed by atoms with van der Waals surface area (Å²) < 4.78 is 15.1. The van der Waals surface area contributed by atoms with E-state index >= 15 is 4.39 Å². The lowest BCUT2D eigenvalue weighted by atomic mass is 9.84. The van der Waals surface area contributed by atoms with E-state index in [4.69, 9.17) is 0 Å². The van der Waals surface area contributed by atoms with E-state index in [9.17, 15) is 0 Å². The molecule has 2 aromatic rings. The van der Waals surface area contributed by atoms with Crippen LogP contribution in [0.25, 0.3) is 16.8 Å². The van der Waals surface area contributed by atoms with Gasteiger partial charge in [0.05, 0.1) is 0 Å². The maximum Gasteiger partial charge on any atom is 0.123 e. The molecule has 0 N–H and O–H groups in total. The minimum Gasteiger partial charge on any atom is -0.372 e. The third-order valence-electron chi connectivity index (χ3n) is 9.05. The highest BCUT2D eigenvalue weighted by Crippen LogP contribution is 2.34. The smallest absolute Gasteiger partial charge is 0.123 e. The molecule has 0 atom stereocenters. The van der Waals surface area contributed by atoms with Gasteiger partial charge in [-0.2, -0.15) is 0 Å². The van der Waals surface area contributed by atoms with Crippen molar-refractivity contribution in [3.63, 3.8) is 0 Å². The number of halogens is 1. The predicted octanol–water partition coefficient (Wildman–Crippen LogP) is 8.13. The average Bonchev–Trinajstić information content (AvgIpc) is 2.93. The summed E-state index contributed by atoms with van der Waals surface area (Å²) in [5, 5.41) is 0.